The van der Waals surface area contributed by atoms with Gasteiger partial charge in [-0.15, -0.1) is 11.8 Å². The van der Waals surface area contributed by atoms with Gasteiger partial charge in [-0.3, -0.25) is 4.79 Å². The van der Waals surface area contributed by atoms with Crippen LogP contribution in [0.25, 0.3) is 0 Å². The van der Waals surface area contributed by atoms with Crippen molar-refractivity contribution >= 4 is 35.0 Å². The molecule has 2 aromatic rings. The van der Waals surface area contributed by atoms with Gasteiger partial charge in [0.15, 0.2) is 23.1 Å². The van der Waals surface area contributed by atoms with E-state index in [2.05, 4.69) is 5.32 Å². The highest BCUT2D eigenvalue weighted by Crippen LogP contribution is 2.36. The molecule has 2 rings (SSSR count). The van der Waals surface area contributed by atoms with Crippen molar-refractivity contribution in [2.75, 3.05) is 25.3 Å². The quantitative estimate of drug-likeness (QED) is 0.696. The molecule has 0 saturated carbocycles. The second kappa shape index (κ2) is 8.92. The van der Waals surface area contributed by atoms with Crippen LogP contribution < -0.4 is 14.8 Å². The van der Waals surface area contributed by atoms with Gasteiger partial charge in [0, 0.05) is 29.2 Å². The number of rotatable bonds is 7. The van der Waals surface area contributed by atoms with Crippen LogP contribution in [0, 0.1) is 11.6 Å². The molecular weight excluding hydrogens is 372 g/mol. The first kappa shape index (κ1) is 19.3. The Bertz CT molecular complexity index is 774. The van der Waals surface area contributed by atoms with E-state index in [1.807, 2.05) is 0 Å². The summed E-state index contributed by atoms with van der Waals surface area (Å²) in [5, 5.41) is 3.01. The molecule has 0 aromatic heterocycles. The lowest BCUT2D eigenvalue weighted by atomic mass is 10.2. The van der Waals surface area contributed by atoms with Gasteiger partial charge in [-0.2, -0.15) is 0 Å². The molecule has 2 aromatic carbocycles. The summed E-state index contributed by atoms with van der Waals surface area (Å²) in [5.74, 6) is -0.763. The number of anilines is 1. The number of methoxy groups -OCH3 is 2. The minimum atomic E-state index is -0.911. The monoisotopic (exact) mass is 387 g/mol. The van der Waals surface area contributed by atoms with Gasteiger partial charge in [-0.25, -0.2) is 8.78 Å². The zero-order valence-electron chi connectivity index (χ0n) is 13.6. The molecule has 25 heavy (non-hydrogen) atoms. The van der Waals surface area contributed by atoms with Crippen molar-refractivity contribution in [3.63, 3.8) is 0 Å². The number of ether oxygens (including phenoxy) is 2. The standard InChI is InChI=1S/C17H16ClF2NO3S/c1-23-15-8-11(18)14(9-16(15)24-2)21-17(22)5-6-25-10-3-4-12(19)13(20)7-10/h3-4,7-9H,5-6H2,1-2H3,(H,21,22). The Labute approximate surface area is 153 Å². The van der Waals surface area contributed by atoms with Crippen LogP contribution in [-0.2, 0) is 4.79 Å². The van der Waals surface area contributed by atoms with Crippen molar-refractivity contribution in [3.05, 3.63) is 47.0 Å². The Morgan fingerprint density at radius 3 is 2.44 bits per heavy atom. The molecule has 1 N–H and O–H groups in total. The molecule has 0 aliphatic heterocycles. The number of amides is 1. The molecule has 0 saturated heterocycles. The summed E-state index contributed by atoms with van der Waals surface area (Å²) in [6, 6.07) is 6.74. The zero-order chi connectivity index (χ0) is 18.4. The molecule has 0 heterocycles. The Balaban J connectivity index is 1.92. The first-order valence-electron chi connectivity index (χ1n) is 7.23. The number of hydrogen-bond acceptors (Lipinski definition) is 4. The molecule has 0 unspecified atom stereocenters. The van der Waals surface area contributed by atoms with E-state index in [4.69, 9.17) is 21.1 Å². The number of hydrogen-bond donors (Lipinski definition) is 1. The van der Waals surface area contributed by atoms with Crippen LogP contribution >= 0.6 is 23.4 Å². The number of carbonyl (C=O) groups is 1. The van der Waals surface area contributed by atoms with E-state index >= 15 is 0 Å². The molecule has 0 atom stereocenters. The van der Waals surface area contributed by atoms with Crippen molar-refractivity contribution in [3.8, 4) is 11.5 Å². The fraction of sp³-hybridized carbons (Fsp3) is 0.235. The summed E-state index contributed by atoms with van der Waals surface area (Å²) in [6.07, 6.45) is 0.175. The van der Waals surface area contributed by atoms with Crippen LogP contribution in [0.5, 0.6) is 11.5 Å². The third-order valence-corrected chi connectivity index (χ3v) is 4.54. The highest BCUT2D eigenvalue weighted by molar-refractivity contribution is 7.99. The van der Waals surface area contributed by atoms with E-state index < -0.39 is 11.6 Å². The minimum absolute atomic E-state index is 0.175. The molecule has 0 fully saturated rings. The molecule has 0 radical (unpaired) electrons. The summed E-state index contributed by atoms with van der Waals surface area (Å²) < 4.78 is 36.3. The van der Waals surface area contributed by atoms with Crippen LogP contribution in [0.3, 0.4) is 0 Å². The van der Waals surface area contributed by atoms with E-state index in [9.17, 15) is 13.6 Å². The summed E-state index contributed by atoms with van der Waals surface area (Å²) in [5.41, 5.74) is 0.405. The molecule has 0 aliphatic carbocycles. The van der Waals surface area contributed by atoms with Crippen LogP contribution in [0.2, 0.25) is 5.02 Å². The second-order valence-electron chi connectivity index (χ2n) is 4.91. The Kier molecular flexibility index (Phi) is 6.90. The highest BCUT2D eigenvalue weighted by atomic mass is 35.5. The molecule has 0 spiro atoms. The predicted octanol–water partition coefficient (Wildman–Crippen LogP) is 4.76. The van der Waals surface area contributed by atoms with Gasteiger partial charge in [0.25, 0.3) is 0 Å². The Hall–Kier alpha value is -1.99. The SMILES string of the molecule is COc1cc(Cl)c(NC(=O)CCSc2ccc(F)c(F)c2)cc1OC. The van der Waals surface area contributed by atoms with Crippen LogP contribution in [-0.4, -0.2) is 25.9 Å². The summed E-state index contributed by atoms with van der Waals surface area (Å²) in [4.78, 5) is 12.6. The van der Waals surface area contributed by atoms with Crippen molar-refractivity contribution in [1.82, 2.24) is 0 Å². The van der Waals surface area contributed by atoms with Gasteiger partial charge in [-0.1, -0.05) is 11.6 Å². The van der Waals surface area contributed by atoms with Crippen LogP contribution in [0.4, 0.5) is 14.5 Å². The molecule has 4 nitrogen and oxygen atoms in total. The predicted molar refractivity (Wildman–Crippen MR) is 94.9 cm³/mol. The van der Waals surface area contributed by atoms with Gasteiger partial charge < -0.3 is 14.8 Å². The molecular formula is C17H16ClF2NO3S. The summed E-state index contributed by atoms with van der Waals surface area (Å²) in [6.45, 7) is 0. The maximum Gasteiger partial charge on any atom is 0.225 e. The Morgan fingerprint density at radius 2 is 1.80 bits per heavy atom. The normalized spacial score (nSPS) is 10.4. The second-order valence-corrected chi connectivity index (χ2v) is 6.49. The van der Waals surface area contributed by atoms with Gasteiger partial charge in [0.2, 0.25) is 5.91 Å². The summed E-state index contributed by atoms with van der Waals surface area (Å²) >= 11 is 7.37. The third-order valence-electron chi connectivity index (χ3n) is 3.24. The van der Waals surface area contributed by atoms with Gasteiger partial charge in [0.1, 0.15) is 0 Å². The van der Waals surface area contributed by atoms with E-state index in [0.29, 0.717) is 32.9 Å². The Morgan fingerprint density at radius 1 is 1.12 bits per heavy atom. The lowest BCUT2D eigenvalue weighted by molar-refractivity contribution is -0.115. The fourth-order valence-electron chi connectivity index (χ4n) is 1.99. The van der Waals surface area contributed by atoms with Crippen LogP contribution in [0.15, 0.2) is 35.2 Å². The van der Waals surface area contributed by atoms with E-state index in [-0.39, 0.29) is 12.3 Å². The largest absolute Gasteiger partial charge is 0.493 e. The number of thioether (sulfide) groups is 1. The lowest BCUT2D eigenvalue weighted by Crippen LogP contribution is -2.12. The molecule has 134 valence electrons. The van der Waals surface area contributed by atoms with Crippen molar-refractivity contribution in [2.24, 2.45) is 0 Å². The average molecular weight is 388 g/mol. The maximum absolute atomic E-state index is 13.1. The first-order valence-corrected chi connectivity index (χ1v) is 8.60. The van der Waals surface area contributed by atoms with Crippen molar-refractivity contribution in [2.45, 2.75) is 11.3 Å². The first-order chi connectivity index (χ1) is 11.9. The highest BCUT2D eigenvalue weighted by Gasteiger charge is 2.12. The lowest BCUT2D eigenvalue weighted by Gasteiger charge is -2.12. The molecule has 8 heteroatoms. The molecule has 0 aliphatic rings. The minimum Gasteiger partial charge on any atom is -0.493 e. The topological polar surface area (TPSA) is 47.6 Å². The van der Waals surface area contributed by atoms with Gasteiger partial charge in [-0.05, 0) is 18.2 Å². The maximum atomic E-state index is 13.1. The third kappa shape index (κ3) is 5.24. The van der Waals surface area contributed by atoms with E-state index in [1.165, 1.54) is 32.0 Å². The zero-order valence-corrected chi connectivity index (χ0v) is 15.1. The molecule has 0 bridgehead atoms. The summed E-state index contributed by atoms with van der Waals surface area (Å²) in [7, 11) is 2.97. The number of carbonyl (C=O) groups excluding carboxylic acids is 1. The van der Waals surface area contributed by atoms with Crippen molar-refractivity contribution < 1.29 is 23.0 Å². The van der Waals surface area contributed by atoms with E-state index in [1.54, 1.807) is 12.1 Å². The average Bonchev–Trinajstić information content (AvgIpc) is 2.59. The van der Waals surface area contributed by atoms with Gasteiger partial charge in [0.05, 0.1) is 24.9 Å². The van der Waals surface area contributed by atoms with Gasteiger partial charge >= 0.3 is 0 Å². The molecule has 1 amide bonds. The number of benzene rings is 2. The van der Waals surface area contributed by atoms with Crippen molar-refractivity contribution in [1.29, 1.82) is 0 Å². The van der Waals surface area contributed by atoms with Crippen LogP contribution in [0.1, 0.15) is 6.42 Å². The fourth-order valence-corrected chi connectivity index (χ4v) is 3.07. The number of halogens is 3. The van der Waals surface area contributed by atoms with E-state index in [0.717, 1.165) is 12.1 Å². The smallest absolute Gasteiger partial charge is 0.225 e. The number of nitrogens with one attached hydrogen (secondary N) is 1.